The number of rotatable bonds is 4. The fourth-order valence-electron chi connectivity index (χ4n) is 2.77. The zero-order valence-corrected chi connectivity index (χ0v) is 11.3. The lowest BCUT2D eigenvalue weighted by Crippen LogP contribution is -2.30. The second-order valence-electron chi connectivity index (χ2n) is 4.68. The summed E-state index contributed by atoms with van der Waals surface area (Å²) in [7, 11) is 0. The molecule has 2 aliphatic rings. The minimum absolute atomic E-state index is 0.0507. The van der Waals surface area contributed by atoms with Crippen LogP contribution in [0.4, 0.5) is 0 Å². The van der Waals surface area contributed by atoms with E-state index in [2.05, 4.69) is 0 Å². The van der Waals surface area contributed by atoms with Gasteiger partial charge in [-0.15, -0.1) is 0 Å². The van der Waals surface area contributed by atoms with Crippen molar-refractivity contribution in [3.63, 3.8) is 0 Å². The van der Waals surface area contributed by atoms with E-state index < -0.39 is 5.97 Å². The van der Waals surface area contributed by atoms with Gasteiger partial charge in [0.15, 0.2) is 0 Å². The molecule has 2 rings (SSSR count). The molecule has 0 spiro atoms. The first-order chi connectivity index (χ1) is 9.21. The molecule has 5 heteroatoms. The molecule has 2 fully saturated rings. The van der Waals surface area contributed by atoms with Gasteiger partial charge >= 0.3 is 5.97 Å². The van der Waals surface area contributed by atoms with Crippen LogP contribution in [0.3, 0.4) is 0 Å². The molecule has 0 N–H and O–H groups in total. The third-order valence-electron chi connectivity index (χ3n) is 3.54. The molecular weight excluding hydrogens is 246 g/mol. The number of carbonyl (C=O) groups is 1. The Hall–Kier alpha value is -1.38. The smallest absolute Gasteiger partial charge is 0.348 e. The van der Waals surface area contributed by atoms with Crippen molar-refractivity contribution in [3.05, 3.63) is 11.1 Å². The molecule has 3 atom stereocenters. The molecule has 2 aliphatic heterocycles. The molecule has 2 saturated heterocycles. The number of esters is 1. The van der Waals surface area contributed by atoms with Gasteiger partial charge in [-0.25, -0.2) is 4.79 Å². The summed E-state index contributed by atoms with van der Waals surface area (Å²) < 4.78 is 16.4. The van der Waals surface area contributed by atoms with Crippen molar-refractivity contribution in [3.8, 4) is 6.07 Å². The van der Waals surface area contributed by atoms with Crippen LogP contribution in [-0.2, 0) is 19.0 Å². The van der Waals surface area contributed by atoms with E-state index in [1.807, 2.05) is 13.0 Å². The van der Waals surface area contributed by atoms with E-state index in [-0.39, 0.29) is 30.5 Å². The predicted octanol–water partition coefficient (Wildman–Crippen LogP) is 1.73. The first-order valence-corrected chi connectivity index (χ1v) is 6.78. The van der Waals surface area contributed by atoms with Crippen LogP contribution in [0.2, 0.25) is 0 Å². The van der Waals surface area contributed by atoms with Crippen LogP contribution in [0.15, 0.2) is 11.1 Å². The maximum Gasteiger partial charge on any atom is 0.348 e. The molecule has 104 valence electrons. The number of nitrogens with zero attached hydrogens (tertiary/aromatic N) is 1. The molecule has 0 radical (unpaired) electrons. The lowest BCUT2D eigenvalue weighted by atomic mass is 9.96. The number of ether oxygens (including phenoxy) is 3. The van der Waals surface area contributed by atoms with E-state index in [9.17, 15) is 10.1 Å². The highest BCUT2D eigenvalue weighted by Gasteiger charge is 2.43. The van der Waals surface area contributed by atoms with E-state index in [1.54, 1.807) is 6.92 Å². The Morgan fingerprint density at radius 2 is 2.26 bits per heavy atom. The number of hydrogen-bond donors (Lipinski definition) is 0. The maximum atomic E-state index is 11.8. The van der Waals surface area contributed by atoms with Gasteiger partial charge < -0.3 is 14.2 Å². The van der Waals surface area contributed by atoms with Crippen LogP contribution in [0.1, 0.15) is 33.1 Å². The fourth-order valence-corrected chi connectivity index (χ4v) is 2.77. The largest absolute Gasteiger partial charge is 0.462 e. The summed E-state index contributed by atoms with van der Waals surface area (Å²) in [4.78, 5) is 11.8. The van der Waals surface area contributed by atoms with Gasteiger partial charge in [0.2, 0.25) is 0 Å². The van der Waals surface area contributed by atoms with Crippen LogP contribution in [-0.4, -0.2) is 37.5 Å². The summed E-state index contributed by atoms with van der Waals surface area (Å²) in [5.74, 6) is -0.552. The molecular formula is C14H19NO4. The zero-order chi connectivity index (χ0) is 13.8. The molecule has 0 aromatic rings. The minimum atomic E-state index is -0.552. The van der Waals surface area contributed by atoms with E-state index in [1.165, 1.54) is 0 Å². The lowest BCUT2D eigenvalue weighted by molar-refractivity contribution is -0.138. The van der Waals surface area contributed by atoms with Crippen LogP contribution in [0, 0.1) is 11.3 Å². The fraction of sp³-hybridized carbons (Fsp3) is 0.714. The molecule has 2 bridgehead atoms. The maximum absolute atomic E-state index is 11.8. The van der Waals surface area contributed by atoms with Gasteiger partial charge in [0.1, 0.15) is 17.7 Å². The summed E-state index contributed by atoms with van der Waals surface area (Å²) in [5.41, 5.74) is 0.838. The van der Waals surface area contributed by atoms with Crippen molar-refractivity contribution in [2.45, 2.75) is 51.4 Å². The van der Waals surface area contributed by atoms with Crippen molar-refractivity contribution < 1.29 is 19.0 Å². The molecule has 0 saturated carbocycles. The lowest BCUT2D eigenvalue weighted by Gasteiger charge is -2.26. The standard InChI is InChI=1S/C14H19NO4/c1-3-17-12-7-9-5-6-10(13(12)19-9)11(8-15)14(16)18-4-2/h9,12-13H,3-7H2,1-2H3/b11-10+/t9-,12-,13+/m1/s1. The van der Waals surface area contributed by atoms with Gasteiger partial charge in [0.05, 0.1) is 18.8 Å². The second-order valence-corrected chi connectivity index (χ2v) is 4.68. The third kappa shape index (κ3) is 2.80. The minimum Gasteiger partial charge on any atom is -0.462 e. The van der Waals surface area contributed by atoms with Crippen LogP contribution in [0.25, 0.3) is 0 Å². The van der Waals surface area contributed by atoms with Crippen molar-refractivity contribution in [2.75, 3.05) is 13.2 Å². The Labute approximate surface area is 113 Å². The van der Waals surface area contributed by atoms with Gasteiger partial charge in [-0.05, 0) is 32.3 Å². The SMILES string of the molecule is CCOC(=O)/C(C#N)=C1\CC[C@@H]2C[C@@H](OCC)[C@H]1O2. The second kappa shape index (κ2) is 6.18. The molecule has 0 aromatic carbocycles. The van der Waals surface area contributed by atoms with Crippen molar-refractivity contribution >= 4 is 5.97 Å². The molecule has 0 unspecified atom stereocenters. The summed E-state index contributed by atoms with van der Waals surface area (Å²) in [6, 6.07) is 1.97. The molecule has 0 aromatic heterocycles. The number of nitriles is 1. The van der Waals surface area contributed by atoms with Gasteiger partial charge in [-0.3, -0.25) is 0 Å². The quantitative estimate of drug-likeness (QED) is 0.440. The van der Waals surface area contributed by atoms with Crippen LogP contribution < -0.4 is 0 Å². The van der Waals surface area contributed by atoms with E-state index in [0.29, 0.717) is 13.0 Å². The third-order valence-corrected chi connectivity index (χ3v) is 3.54. The first-order valence-electron chi connectivity index (χ1n) is 6.78. The van der Waals surface area contributed by atoms with Gasteiger partial charge in [-0.2, -0.15) is 5.26 Å². The number of hydrogen-bond acceptors (Lipinski definition) is 5. The van der Waals surface area contributed by atoms with Gasteiger partial charge in [0.25, 0.3) is 0 Å². The van der Waals surface area contributed by atoms with Gasteiger partial charge in [-0.1, -0.05) is 0 Å². The molecule has 2 heterocycles. The average molecular weight is 265 g/mol. The predicted molar refractivity (Wildman–Crippen MR) is 67.2 cm³/mol. The van der Waals surface area contributed by atoms with E-state index in [0.717, 1.165) is 18.4 Å². The normalized spacial score (nSPS) is 31.7. The van der Waals surface area contributed by atoms with Crippen molar-refractivity contribution in [2.24, 2.45) is 0 Å². The van der Waals surface area contributed by atoms with E-state index in [4.69, 9.17) is 14.2 Å². The summed E-state index contributed by atoms with van der Waals surface area (Å²) in [6.45, 7) is 4.53. The highest BCUT2D eigenvalue weighted by Crippen LogP contribution is 2.39. The Morgan fingerprint density at radius 3 is 2.89 bits per heavy atom. The Kier molecular flexibility index (Phi) is 4.56. The summed E-state index contributed by atoms with van der Waals surface area (Å²) in [6.07, 6.45) is 2.25. The monoisotopic (exact) mass is 265 g/mol. The van der Waals surface area contributed by atoms with E-state index >= 15 is 0 Å². The average Bonchev–Trinajstić information content (AvgIpc) is 2.71. The Bertz CT molecular complexity index is 424. The topological polar surface area (TPSA) is 68.6 Å². The number of fused-ring (bicyclic) bond motifs is 2. The highest BCUT2D eigenvalue weighted by atomic mass is 16.6. The molecule has 0 amide bonds. The Morgan fingerprint density at radius 1 is 1.47 bits per heavy atom. The Balaban J connectivity index is 2.26. The van der Waals surface area contributed by atoms with Crippen molar-refractivity contribution in [1.29, 1.82) is 5.26 Å². The number of carbonyl (C=O) groups excluding carboxylic acids is 1. The van der Waals surface area contributed by atoms with Gasteiger partial charge in [0, 0.05) is 13.0 Å². The van der Waals surface area contributed by atoms with Crippen LogP contribution >= 0.6 is 0 Å². The van der Waals surface area contributed by atoms with Crippen LogP contribution in [0.5, 0.6) is 0 Å². The van der Waals surface area contributed by atoms with Crippen molar-refractivity contribution in [1.82, 2.24) is 0 Å². The molecule has 5 nitrogen and oxygen atoms in total. The summed E-state index contributed by atoms with van der Waals surface area (Å²) >= 11 is 0. The zero-order valence-electron chi connectivity index (χ0n) is 11.3. The first kappa shape index (κ1) is 14.0. The molecule has 19 heavy (non-hydrogen) atoms. The summed E-state index contributed by atoms with van der Waals surface area (Å²) in [5, 5.41) is 9.21. The highest BCUT2D eigenvalue weighted by molar-refractivity contribution is 5.94. The molecule has 0 aliphatic carbocycles.